The minimum absolute atomic E-state index is 0.665. The summed E-state index contributed by atoms with van der Waals surface area (Å²) in [5, 5.41) is 0. The van der Waals surface area contributed by atoms with E-state index in [-0.39, 0.29) is 0 Å². The van der Waals surface area contributed by atoms with E-state index in [1.807, 2.05) is 12.1 Å². The van der Waals surface area contributed by atoms with Gasteiger partial charge >= 0.3 is 0 Å². The second kappa shape index (κ2) is 5.35. The van der Waals surface area contributed by atoms with Crippen molar-refractivity contribution in [1.29, 1.82) is 0 Å². The van der Waals surface area contributed by atoms with Crippen LogP contribution in [0.2, 0.25) is 0 Å². The third-order valence-electron chi connectivity index (χ3n) is 2.18. The quantitative estimate of drug-likeness (QED) is 0.644. The van der Waals surface area contributed by atoms with Crippen LogP contribution in [0, 0.1) is 0 Å². The molecule has 0 heterocycles. The van der Waals surface area contributed by atoms with E-state index < -0.39 is 5.69 Å². The molecule has 5 heteroatoms. The summed E-state index contributed by atoms with van der Waals surface area (Å²) in [4.78, 5) is 9.42. The third kappa shape index (κ3) is 3.80. The molecular formula is C10H15O2PS2. The average Bonchev–Trinajstić information content (AvgIpc) is 2.15. The predicted molar refractivity (Wildman–Crippen MR) is 71.3 cm³/mol. The molecule has 0 radical (unpaired) electrons. The molecule has 0 saturated carbocycles. The van der Waals surface area contributed by atoms with Crippen LogP contribution in [-0.4, -0.2) is 4.89 Å². The Kier molecular flexibility index (Phi) is 4.65. The van der Waals surface area contributed by atoms with Crippen LogP contribution >= 0.6 is 17.9 Å². The molecule has 0 amide bonds. The zero-order valence-corrected chi connectivity index (χ0v) is 11.4. The van der Waals surface area contributed by atoms with E-state index in [9.17, 15) is 4.89 Å². The van der Waals surface area contributed by atoms with Gasteiger partial charge in [-0.2, -0.15) is 0 Å². The fourth-order valence-electron chi connectivity index (χ4n) is 1.56. The van der Waals surface area contributed by atoms with Crippen LogP contribution < -0.4 is 4.52 Å². The highest BCUT2D eigenvalue weighted by molar-refractivity contribution is 8.59. The van der Waals surface area contributed by atoms with Gasteiger partial charge in [0.25, 0.3) is 5.69 Å². The van der Waals surface area contributed by atoms with Crippen molar-refractivity contribution in [3.8, 4) is 5.75 Å². The lowest BCUT2D eigenvalue weighted by atomic mass is 10.0. The van der Waals surface area contributed by atoms with Crippen LogP contribution in [0.4, 0.5) is 0 Å². The average molecular weight is 262 g/mol. The Hall–Kier alpha value is -0.0200. The summed E-state index contributed by atoms with van der Waals surface area (Å²) in [5.41, 5.74) is -0.593. The first-order valence-electron chi connectivity index (χ1n) is 4.83. The highest BCUT2D eigenvalue weighted by Gasteiger charge is 2.13. The molecule has 0 aliphatic carbocycles. The molecule has 15 heavy (non-hydrogen) atoms. The van der Waals surface area contributed by atoms with E-state index in [0.29, 0.717) is 5.75 Å². The molecule has 0 spiro atoms. The maximum absolute atomic E-state index is 9.42. The van der Waals surface area contributed by atoms with Crippen LogP contribution in [0.1, 0.15) is 25.0 Å². The van der Waals surface area contributed by atoms with Crippen LogP contribution in [0.25, 0.3) is 0 Å². The van der Waals surface area contributed by atoms with Crippen LogP contribution in [0.3, 0.4) is 0 Å². The van der Waals surface area contributed by atoms with E-state index >= 15 is 0 Å². The van der Waals surface area contributed by atoms with Gasteiger partial charge in [0.15, 0.2) is 0 Å². The van der Waals surface area contributed by atoms with Gasteiger partial charge in [0.2, 0.25) is 0 Å². The van der Waals surface area contributed by atoms with Crippen molar-refractivity contribution in [1.82, 2.24) is 0 Å². The molecule has 1 aromatic rings. The second-order valence-corrected chi connectivity index (χ2v) is 8.27. The van der Waals surface area contributed by atoms with E-state index in [4.69, 9.17) is 16.3 Å². The van der Waals surface area contributed by atoms with Gasteiger partial charge in [0.05, 0.1) is 0 Å². The molecule has 1 aromatic carbocycles. The Balaban J connectivity index is 3.12. The molecule has 0 saturated heterocycles. The SMILES string of the molecule is CCc1cccc(OP(O)(=S)S)c1CC. The van der Waals surface area contributed by atoms with Crippen LogP contribution in [0.15, 0.2) is 18.2 Å². The number of hydrogen-bond acceptors (Lipinski definition) is 2. The monoisotopic (exact) mass is 262 g/mol. The molecule has 1 N–H and O–H groups in total. The molecule has 0 aromatic heterocycles. The Labute approximate surface area is 101 Å². The van der Waals surface area contributed by atoms with Gasteiger partial charge in [-0.05, 0) is 41.8 Å². The van der Waals surface area contributed by atoms with Crippen molar-refractivity contribution >= 4 is 29.7 Å². The van der Waals surface area contributed by atoms with Crippen molar-refractivity contribution in [2.45, 2.75) is 26.7 Å². The lowest BCUT2D eigenvalue weighted by Crippen LogP contribution is -1.96. The Morgan fingerprint density at radius 3 is 2.53 bits per heavy atom. The molecular weight excluding hydrogens is 247 g/mol. The summed E-state index contributed by atoms with van der Waals surface area (Å²) in [7, 11) is 0. The summed E-state index contributed by atoms with van der Waals surface area (Å²) >= 11 is 8.64. The zero-order valence-electron chi connectivity index (χ0n) is 8.80. The fraction of sp³-hybridized carbons (Fsp3) is 0.400. The first-order chi connectivity index (χ1) is 6.98. The third-order valence-corrected chi connectivity index (χ3v) is 3.08. The fourth-order valence-corrected chi connectivity index (χ4v) is 2.49. The summed E-state index contributed by atoms with van der Waals surface area (Å²) in [6.45, 7) is 4.15. The smallest absolute Gasteiger partial charge is 0.291 e. The van der Waals surface area contributed by atoms with Crippen LogP contribution in [-0.2, 0) is 24.6 Å². The number of aryl methyl sites for hydroxylation is 1. The molecule has 0 aliphatic heterocycles. The first kappa shape index (κ1) is 13.0. The molecule has 1 rings (SSSR count). The zero-order chi connectivity index (χ0) is 11.5. The van der Waals surface area contributed by atoms with Crippen molar-refractivity contribution in [3.63, 3.8) is 0 Å². The van der Waals surface area contributed by atoms with Crippen LogP contribution in [0.5, 0.6) is 5.75 Å². The molecule has 0 bridgehead atoms. The summed E-state index contributed by atoms with van der Waals surface area (Å²) in [6.07, 6.45) is 1.81. The minimum atomic E-state index is -2.93. The van der Waals surface area contributed by atoms with E-state index in [0.717, 1.165) is 18.4 Å². The van der Waals surface area contributed by atoms with Gasteiger partial charge < -0.3 is 9.42 Å². The highest BCUT2D eigenvalue weighted by Crippen LogP contribution is 2.48. The van der Waals surface area contributed by atoms with E-state index in [1.54, 1.807) is 0 Å². The largest absolute Gasteiger partial charge is 0.436 e. The molecule has 2 nitrogen and oxygen atoms in total. The second-order valence-electron chi connectivity index (χ2n) is 3.18. The normalized spacial score (nSPS) is 14.7. The Morgan fingerprint density at radius 2 is 2.07 bits per heavy atom. The summed E-state index contributed by atoms with van der Waals surface area (Å²) < 4.78 is 5.31. The summed E-state index contributed by atoms with van der Waals surface area (Å²) in [6, 6.07) is 5.79. The number of hydrogen-bond donors (Lipinski definition) is 2. The Bertz CT molecular complexity index is 387. The van der Waals surface area contributed by atoms with Gasteiger partial charge in [0, 0.05) is 0 Å². The lowest BCUT2D eigenvalue weighted by Gasteiger charge is -2.16. The van der Waals surface area contributed by atoms with Gasteiger partial charge in [-0.3, -0.25) is 0 Å². The minimum Gasteiger partial charge on any atom is -0.436 e. The number of benzene rings is 1. The van der Waals surface area contributed by atoms with E-state index in [2.05, 4.69) is 32.2 Å². The number of thiol groups is 1. The molecule has 1 unspecified atom stereocenters. The standard InChI is InChI=1S/C10H15O2PS2/c1-3-8-6-5-7-10(9(8)4-2)12-13(11,14)15/h5-7H,3-4H2,1-2H3,(H2,11,14,15). The molecule has 0 aliphatic rings. The Morgan fingerprint density at radius 1 is 1.40 bits per heavy atom. The van der Waals surface area contributed by atoms with Crippen molar-refractivity contribution in [2.75, 3.05) is 0 Å². The van der Waals surface area contributed by atoms with Gasteiger partial charge in [-0.1, -0.05) is 38.2 Å². The van der Waals surface area contributed by atoms with Gasteiger partial charge in [0.1, 0.15) is 5.75 Å². The number of rotatable bonds is 4. The topological polar surface area (TPSA) is 29.5 Å². The highest BCUT2D eigenvalue weighted by atomic mass is 32.9. The summed E-state index contributed by atoms with van der Waals surface area (Å²) in [5.74, 6) is 0.665. The maximum atomic E-state index is 9.42. The van der Waals surface area contributed by atoms with E-state index in [1.165, 1.54) is 5.56 Å². The van der Waals surface area contributed by atoms with Gasteiger partial charge in [-0.25, -0.2) is 0 Å². The molecule has 0 fully saturated rings. The molecule has 84 valence electrons. The van der Waals surface area contributed by atoms with Crippen molar-refractivity contribution in [3.05, 3.63) is 29.3 Å². The van der Waals surface area contributed by atoms with Crippen molar-refractivity contribution < 1.29 is 9.42 Å². The predicted octanol–water partition coefficient (Wildman–Crippen LogP) is 3.34. The van der Waals surface area contributed by atoms with Gasteiger partial charge in [-0.15, -0.1) is 0 Å². The first-order valence-corrected chi connectivity index (χ1v) is 8.66. The lowest BCUT2D eigenvalue weighted by molar-refractivity contribution is 0.500. The van der Waals surface area contributed by atoms with Crippen molar-refractivity contribution in [2.24, 2.45) is 0 Å². The maximum Gasteiger partial charge on any atom is 0.291 e. The molecule has 1 atom stereocenters.